The van der Waals surface area contributed by atoms with Gasteiger partial charge in [-0.15, -0.1) is 23.5 Å². The van der Waals surface area contributed by atoms with Crippen LogP contribution in [0.25, 0.3) is 0 Å². The van der Waals surface area contributed by atoms with E-state index in [1.54, 1.807) is 48.0 Å². The average molecular weight is 1100 g/mol. The summed E-state index contributed by atoms with van der Waals surface area (Å²) in [6.07, 6.45) is -0.871. The predicted molar refractivity (Wildman–Crippen MR) is 299 cm³/mol. The van der Waals surface area contributed by atoms with Crippen molar-refractivity contribution in [3.05, 3.63) is 71.8 Å². The molecule has 12 atom stereocenters. The topological polar surface area (TPSA) is 240 Å². The number of carbonyl (C=O) groups excluding carboxylic acids is 8. The molecule has 7 amide bonds. The molecule has 0 unspecified atom stereocenters. The number of hydrogen-bond acceptors (Lipinski definition) is 14. The highest BCUT2D eigenvalue weighted by Crippen LogP contribution is 2.31. The van der Waals surface area contributed by atoms with Gasteiger partial charge in [0.2, 0.25) is 35.4 Å². The van der Waals surface area contributed by atoms with E-state index in [9.17, 15) is 43.5 Å². The molecule has 2 aromatic carbocycles. The zero-order chi connectivity index (χ0) is 56.4. The molecule has 4 N–H and O–H groups in total. The Morgan fingerprint density at radius 1 is 0.675 bits per heavy atom. The molecule has 0 saturated carbocycles. The molecule has 0 aliphatic carbocycles. The summed E-state index contributed by atoms with van der Waals surface area (Å²) < 4.78 is 6.06. The van der Waals surface area contributed by atoms with Crippen LogP contribution >= 0.6 is 23.5 Å². The highest BCUT2D eigenvalue weighted by atomic mass is 32.2. The second kappa shape index (κ2) is 27.2. The Hall–Kier alpha value is -5.80. The van der Waals surface area contributed by atoms with Gasteiger partial charge >= 0.3 is 5.97 Å². The van der Waals surface area contributed by atoms with Crippen molar-refractivity contribution >= 4 is 80.9 Å². The van der Waals surface area contributed by atoms with Gasteiger partial charge in [-0.1, -0.05) is 95.3 Å². The van der Waals surface area contributed by atoms with Gasteiger partial charge < -0.3 is 45.4 Å². The van der Waals surface area contributed by atoms with Crippen LogP contribution in [0.15, 0.2) is 70.6 Å². The monoisotopic (exact) mass is 1100 g/mol. The first-order chi connectivity index (χ1) is 36.5. The van der Waals surface area contributed by atoms with Crippen molar-refractivity contribution in [3.8, 4) is 0 Å². The number of aliphatic hydroxyl groups excluding tert-OH is 1. The number of hydrogen-bond donors (Lipinski definition) is 4. The molecule has 6 rings (SSSR count). The predicted octanol–water partition coefficient (Wildman–Crippen LogP) is 3.50. The van der Waals surface area contributed by atoms with Gasteiger partial charge in [0.05, 0.1) is 34.2 Å². The summed E-state index contributed by atoms with van der Waals surface area (Å²) in [6.45, 7) is 14.0. The molecule has 420 valence electrons. The molecule has 2 aromatic rings. The maximum atomic E-state index is 15.0. The Balaban J connectivity index is 1.38. The lowest BCUT2D eigenvalue weighted by atomic mass is 9.98. The third kappa shape index (κ3) is 14.9. The van der Waals surface area contributed by atoms with Crippen molar-refractivity contribution in [2.24, 2.45) is 27.7 Å². The molecular weight excluding hydrogens is 1020 g/mol. The number of cyclic esters (lactones) is 1. The standard InChI is InChI=1S/C56H79N9O10S2/c1-12-38-50-60-40(30-76-50)52(70)62(9)42(26-31(2)3)48(68)61-45(35(8)66)49(69)57-34(7)33(6)56(74)75-44(28-37-22-17-14-18-23-37)54(72)64(11)46(32(4)5)55(73)65-25-19-24-41(65)53(71)63(10)43(27-36-20-15-13-16-21-36)51-59-39(29-77-51)47(67)58-38/h13-18,20-23,31-35,38-46,66H,12,19,24-30H2,1-11H3,(H,57,69)(H,58,67)(H,61,68)/t33-,34-,35-,38-,39+,40+,41+,42-,43+,44+,45-,46+/m1/s1. The fourth-order valence-corrected chi connectivity index (χ4v) is 12.6. The number of thioether (sulfide) groups is 2. The number of nitrogens with zero attached hydrogens (tertiary/aromatic N) is 6. The Bertz CT molecular complexity index is 2510. The number of carbonyl (C=O) groups is 8. The first-order valence-electron chi connectivity index (χ1n) is 26.9. The zero-order valence-electron chi connectivity index (χ0n) is 46.3. The number of esters is 1. The average Bonchev–Trinajstić information content (AvgIpc) is 4.23. The SMILES string of the molecule is CC[C@H]1NC(=O)[C@@H]2CSC(=N2)[C@H](Cc2ccccc2)N(C)C(=O)[C@@H]2CCCN2C(=O)[C@H](C(C)C)N(C)C(=O)[C@H](Cc2ccccc2)OC(=O)[C@H](C)[C@@H](C)NC(=O)[C@@H]([C@@H](C)O)NC(=O)[C@@H](CC(C)C)N(C)C(=O)[C@@H]2CSC1=N2. The minimum atomic E-state index is -1.50. The van der Waals surface area contributed by atoms with Crippen molar-refractivity contribution in [2.45, 2.75) is 160 Å². The molecule has 1 saturated heterocycles. The van der Waals surface area contributed by atoms with Gasteiger partial charge in [-0.05, 0) is 75.8 Å². The van der Waals surface area contributed by atoms with Gasteiger partial charge in [-0.2, -0.15) is 0 Å². The molecule has 0 radical (unpaired) electrons. The maximum absolute atomic E-state index is 15.0. The number of likely N-dealkylation sites (N-methyl/N-ethyl adjacent to an activating group) is 3. The van der Waals surface area contributed by atoms with Crippen LogP contribution < -0.4 is 16.0 Å². The first kappa shape index (κ1) is 60.4. The fourth-order valence-electron chi connectivity index (χ4n) is 10.2. The fraction of sp³-hybridized carbons (Fsp3) is 0.607. The van der Waals surface area contributed by atoms with Gasteiger partial charge in [0.25, 0.3) is 5.91 Å². The van der Waals surface area contributed by atoms with Crippen molar-refractivity contribution in [3.63, 3.8) is 0 Å². The quantitative estimate of drug-likeness (QED) is 0.264. The lowest BCUT2D eigenvalue weighted by Crippen LogP contribution is -2.59. The molecule has 21 heteroatoms. The number of rotatable bonds is 9. The molecule has 1 fully saturated rings. The molecule has 4 heterocycles. The van der Waals surface area contributed by atoms with Crippen LogP contribution in [0.3, 0.4) is 0 Å². The number of benzene rings is 2. The highest BCUT2D eigenvalue weighted by molar-refractivity contribution is 8.14. The van der Waals surface area contributed by atoms with Crippen LogP contribution in [0.5, 0.6) is 0 Å². The van der Waals surface area contributed by atoms with E-state index in [2.05, 4.69) is 16.0 Å². The van der Waals surface area contributed by atoms with Crippen molar-refractivity contribution in [1.82, 2.24) is 35.6 Å². The number of nitrogens with one attached hydrogen (secondary N) is 3. The smallest absolute Gasteiger partial charge is 0.311 e. The minimum absolute atomic E-state index is 0.0397. The van der Waals surface area contributed by atoms with E-state index >= 15 is 0 Å². The lowest BCUT2D eigenvalue weighted by Gasteiger charge is -2.38. The molecule has 0 aromatic heterocycles. The molecule has 4 bridgehead atoms. The Morgan fingerprint density at radius 3 is 1.86 bits per heavy atom. The summed E-state index contributed by atoms with van der Waals surface area (Å²) in [4.78, 5) is 131. The Morgan fingerprint density at radius 2 is 1.26 bits per heavy atom. The number of amides is 7. The van der Waals surface area contributed by atoms with E-state index < -0.39 is 114 Å². The van der Waals surface area contributed by atoms with Gasteiger partial charge in [-0.25, -0.2) is 0 Å². The summed E-state index contributed by atoms with van der Waals surface area (Å²) in [5.74, 6) is -5.45. The van der Waals surface area contributed by atoms with Crippen LogP contribution in [0.1, 0.15) is 92.2 Å². The number of ether oxygens (including phenoxy) is 1. The summed E-state index contributed by atoms with van der Waals surface area (Å²) >= 11 is 2.75. The number of fused-ring (bicyclic) bond motifs is 3. The van der Waals surface area contributed by atoms with Crippen LogP contribution in [-0.4, -0.2) is 188 Å². The Kier molecular flexibility index (Phi) is 21.3. The van der Waals surface area contributed by atoms with Gasteiger partial charge in [0.1, 0.15) is 36.3 Å². The summed E-state index contributed by atoms with van der Waals surface area (Å²) in [5, 5.41) is 20.6. The highest BCUT2D eigenvalue weighted by Gasteiger charge is 2.46. The summed E-state index contributed by atoms with van der Waals surface area (Å²) in [6, 6.07) is 10.4. The van der Waals surface area contributed by atoms with E-state index in [0.29, 0.717) is 47.1 Å². The van der Waals surface area contributed by atoms with E-state index in [1.165, 1.54) is 61.3 Å². The molecule has 19 nitrogen and oxygen atoms in total. The van der Waals surface area contributed by atoms with E-state index in [0.717, 1.165) is 5.56 Å². The lowest BCUT2D eigenvalue weighted by molar-refractivity contribution is -0.166. The second-order valence-corrected chi connectivity index (χ2v) is 23.6. The minimum Gasteiger partial charge on any atom is -0.452 e. The third-order valence-corrected chi connectivity index (χ3v) is 17.3. The molecule has 4 aliphatic rings. The normalized spacial score (nSPS) is 29.6. The van der Waals surface area contributed by atoms with Crippen LogP contribution in [0.2, 0.25) is 0 Å². The van der Waals surface area contributed by atoms with Crippen molar-refractivity contribution in [1.29, 1.82) is 0 Å². The molecule has 77 heavy (non-hydrogen) atoms. The van der Waals surface area contributed by atoms with Gasteiger partial charge in [0, 0.05) is 51.7 Å². The number of aliphatic imine (C=N–C) groups is 2. The zero-order valence-corrected chi connectivity index (χ0v) is 48.0. The van der Waals surface area contributed by atoms with Crippen LogP contribution in [0, 0.1) is 17.8 Å². The maximum Gasteiger partial charge on any atom is 0.311 e. The summed E-state index contributed by atoms with van der Waals surface area (Å²) in [5.41, 5.74) is 1.62. The molecule has 4 aliphatic heterocycles. The van der Waals surface area contributed by atoms with Crippen LogP contribution in [0.4, 0.5) is 0 Å². The molecular formula is C56H79N9O10S2. The van der Waals surface area contributed by atoms with Crippen LogP contribution in [-0.2, 0) is 55.9 Å². The first-order valence-corrected chi connectivity index (χ1v) is 28.9. The van der Waals surface area contributed by atoms with Gasteiger partial charge in [-0.3, -0.25) is 48.3 Å². The summed E-state index contributed by atoms with van der Waals surface area (Å²) in [7, 11) is 4.70. The van der Waals surface area contributed by atoms with E-state index in [1.807, 2.05) is 71.0 Å². The van der Waals surface area contributed by atoms with Crippen molar-refractivity contribution in [2.75, 3.05) is 39.2 Å². The second-order valence-electron chi connectivity index (χ2n) is 21.6. The van der Waals surface area contributed by atoms with E-state index in [4.69, 9.17) is 14.7 Å². The van der Waals surface area contributed by atoms with Crippen molar-refractivity contribution < 1.29 is 48.2 Å². The van der Waals surface area contributed by atoms with E-state index in [-0.39, 0.29) is 42.9 Å². The number of aliphatic hydroxyl groups is 1. The largest absolute Gasteiger partial charge is 0.452 e. The Labute approximate surface area is 461 Å². The third-order valence-electron chi connectivity index (χ3n) is 15.0. The molecule has 0 spiro atoms. The van der Waals surface area contributed by atoms with Gasteiger partial charge in [0.15, 0.2) is 6.10 Å².